The van der Waals surface area contributed by atoms with Crippen LogP contribution in [-0.4, -0.2) is 32.2 Å². The van der Waals surface area contributed by atoms with Crippen molar-refractivity contribution in [3.05, 3.63) is 52.0 Å². The number of hydrogen-bond donors (Lipinski definition) is 2. The maximum absolute atomic E-state index is 14.0. The van der Waals surface area contributed by atoms with Crippen molar-refractivity contribution in [2.75, 3.05) is 17.6 Å². The number of rotatable bonds is 7. The van der Waals surface area contributed by atoms with Crippen molar-refractivity contribution >= 4 is 37.5 Å². The fourth-order valence-corrected chi connectivity index (χ4v) is 3.30. The van der Waals surface area contributed by atoms with Gasteiger partial charge in [-0.1, -0.05) is 26.8 Å². The highest BCUT2D eigenvalue weighted by Crippen LogP contribution is 2.28. The first-order valence-electron chi connectivity index (χ1n) is 8.68. The molecular formula is C19H23BrFN3O4S. The van der Waals surface area contributed by atoms with Gasteiger partial charge >= 0.3 is 0 Å². The number of carbonyl (C=O) groups is 1. The molecule has 0 aliphatic heterocycles. The normalized spacial score (nSPS) is 11.8. The van der Waals surface area contributed by atoms with Gasteiger partial charge in [0.25, 0.3) is 5.91 Å². The summed E-state index contributed by atoms with van der Waals surface area (Å²) >= 11 is 3.34. The largest absolute Gasteiger partial charge is 0.481 e. The second kappa shape index (κ2) is 9.08. The van der Waals surface area contributed by atoms with Crippen LogP contribution in [0.2, 0.25) is 0 Å². The van der Waals surface area contributed by atoms with Crippen LogP contribution in [0.25, 0.3) is 0 Å². The van der Waals surface area contributed by atoms with E-state index in [0.29, 0.717) is 15.9 Å². The van der Waals surface area contributed by atoms with E-state index in [9.17, 15) is 17.6 Å². The molecule has 0 aliphatic carbocycles. The number of aromatic nitrogens is 1. The van der Waals surface area contributed by atoms with Crippen molar-refractivity contribution in [2.45, 2.75) is 32.7 Å². The summed E-state index contributed by atoms with van der Waals surface area (Å²) in [6.45, 7) is 5.97. The molecule has 2 rings (SSSR count). The number of amides is 1. The lowest BCUT2D eigenvalue weighted by Gasteiger charge is -2.18. The molecular weight excluding hydrogens is 465 g/mol. The zero-order chi connectivity index (χ0) is 21.8. The number of carbonyl (C=O) groups excluding carboxylic acids is 1. The summed E-state index contributed by atoms with van der Waals surface area (Å²) in [5.74, 6) is -0.682. The minimum Gasteiger partial charge on any atom is -0.481 e. The molecule has 0 spiro atoms. The Balaban J connectivity index is 1.90. The van der Waals surface area contributed by atoms with E-state index in [1.54, 1.807) is 6.07 Å². The molecule has 0 fully saturated rings. The fourth-order valence-electron chi connectivity index (χ4n) is 2.29. The van der Waals surface area contributed by atoms with Crippen LogP contribution in [0.4, 0.5) is 10.1 Å². The van der Waals surface area contributed by atoms with Crippen LogP contribution in [0.1, 0.15) is 32.0 Å². The third kappa shape index (κ3) is 7.28. The molecule has 2 aromatic rings. The smallest absolute Gasteiger partial charge is 0.258 e. The van der Waals surface area contributed by atoms with Gasteiger partial charge in [0.1, 0.15) is 10.4 Å². The van der Waals surface area contributed by atoms with E-state index in [1.807, 2.05) is 26.8 Å². The van der Waals surface area contributed by atoms with Gasteiger partial charge in [-0.2, -0.15) is 0 Å². The first-order chi connectivity index (χ1) is 13.3. The van der Waals surface area contributed by atoms with E-state index >= 15 is 0 Å². The molecule has 0 saturated carbocycles. The molecule has 1 aromatic heterocycles. The molecule has 0 radical (unpaired) electrons. The maximum Gasteiger partial charge on any atom is 0.258 e. The van der Waals surface area contributed by atoms with Crippen LogP contribution >= 0.6 is 15.9 Å². The highest BCUT2D eigenvalue weighted by molar-refractivity contribution is 9.10. The zero-order valence-corrected chi connectivity index (χ0v) is 18.9. The van der Waals surface area contributed by atoms with Crippen LogP contribution in [0.15, 0.2) is 34.9 Å². The van der Waals surface area contributed by atoms with Gasteiger partial charge in [0.15, 0.2) is 12.4 Å². The molecule has 1 heterocycles. The van der Waals surface area contributed by atoms with E-state index in [0.717, 1.165) is 18.0 Å². The Kier molecular flexibility index (Phi) is 7.23. The standard InChI is InChI=1S/C19H23BrFN3O4S/c1-19(2,3)16-8-7-15(18(20)23-16)28-11-17(25)22-10-12-5-6-14(13(21)9-12)24-29(4,26)27/h5-9,24H,10-11H2,1-4H3,(H,22,25). The summed E-state index contributed by atoms with van der Waals surface area (Å²) in [5.41, 5.74) is 1.10. The van der Waals surface area contributed by atoms with Gasteiger partial charge in [0.05, 0.1) is 11.9 Å². The van der Waals surface area contributed by atoms with E-state index in [2.05, 4.69) is 31.0 Å². The number of nitrogens with one attached hydrogen (secondary N) is 2. The van der Waals surface area contributed by atoms with Crippen LogP contribution in [0.3, 0.4) is 0 Å². The van der Waals surface area contributed by atoms with Gasteiger partial charge in [0, 0.05) is 17.7 Å². The molecule has 158 valence electrons. The maximum atomic E-state index is 14.0. The molecule has 1 aromatic carbocycles. The number of halogens is 2. The van der Waals surface area contributed by atoms with Gasteiger partial charge in [-0.25, -0.2) is 17.8 Å². The minimum atomic E-state index is -3.57. The van der Waals surface area contributed by atoms with Crippen molar-refractivity contribution < 1.29 is 22.3 Å². The minimum absolute atomic E-state index is 0.0701. The topological polar surface area (TPSA) is 97.4 Å². The van der Waals surface area contributed by atoms with Gasteiger partial charge in [-0.05, 0) is 45.8 Å². The zero-order valence-electron chi connectivity index (χ0n) is 16.5. The van der Waals surface area contributed by atoms with E-state index in [4.69, 9.17) is 4.74 Å². The number of benzene rings is 1. The molecule has 0 atom stereocenters. The molecule has 7 nitrogen and oxygen atoms in total. The average Bonchev–Trinajstić information content (AvgIpc) is 2.59. The summed E-state index contributed by atoms with van der Waals surface area (Å²) < 4.78 is 44.4. The monoisotopic (exact) mass is 487 g/mol. The Labute approximate surface area is 178 Å². The molecule has 1 amide bonds. The third-order valence-corrected chi connectivity index (χ3v) is 4.92. The van der Waals surface area contributed by atoms with Gasteiger partial charge < -0.3 is 10.1 Å². The highest BCUT2D eigenvalue weighted by atomic mass is 79.9. The number of sulfonamides is 1. The summed E-state index contributed by atoms with van der Waals surface area (Å²) in [6, 6.07) is 7.55. The Morgan fingerprint density at radius 2 is 1.93 bits per heavy atom. The SMILES string of the molecule is CC(C)(C)c1ccc(OCC(=O)NCc2ccc(NS(C)(=O)=O)c(F)c2)c(Br)n1. The van der Waals surface area contributed by atoms with Crippen LogP contribution in [-0.2, 0) is 26.8 Å². The van der Waals surface area contributed by atoms with Gasteiger partial charge in [-0.3, -0.25) is 9.52 Å². The second-order valence-corrected chi connectivity index (χ2v) is 9.99. The summed E-state index contributed by atoms with van der Waals surface area (Å²) in [5, 5.41) is 2.61. The number of nitrogens with zero attached hydrogens (tertiary/aromatic N) is 1. The Morgan fingerprint density at radius 3 is 2.48 bits per heavy atom. The predicted molar refractivity (Wildman–Crippen MR) is 113 cm³/mol. The number of pyridine rings is 1. The van der Waals surface area contributed by atoms with Gasteiger partial charge in [0.2, 0.25) is 10.0 Å². The predicted octanol–water partition coefficient (Wildman–Crippen LogP) is 3.35. The lowest BCUT2D eigenvalue weighted by molar-refractivity contribution is -0.123. The molecule has 0 bridgehead atoms. The summed E-state index contributed by atoms with van der Waals surface area (Å²) in [6.07, 6.45) is 0.936. The molecule has 0 saturated heterocycles. The summed E-state index contributed by atoms with van der Waals surface area (Å²) in [4.78, 5) is 16.4. The molecule has 10 heteroatoms. The van der Waals surface area contributed by atoms with Gasteiger partial charge in [-0.15, -0.1) is 0 Å². The van der Waals surface area contributed by atoms with Crippen LogP contribution in [0.5, 0.6) is 5.75 Å². The summed E-state index contributed by atoms with van der Waals surface area (Å²) in [7, 11) is -3.57. The first kappa shape index (κ1) is 23.1. The first-order valence-corrected chi connectivity index (χ1v) is 11.4. The number of anilines is 1. The van der Waals surface area contributed by atoms with Crippen LogP contribution < -0.4 is 14.8 Å². The van der Waals surface area contributed by atoms with E-state index in [1.165, 1.54) is 12.1 Å². The Hall–Kier alpha value is -2.20. The quantitative estimate of drug-likeness (QED) is 0.583. The number of hydrogen-bond acceptors (Lipinski definition) is 5. The highest BCUT2D eigenvalue weighted by Gasteiger charge is 2.17. The van der Waals surface area contributed by atoms with E-state index in [-0.39, 0.29) is 24.3 Å². The molecule has 2 N–H and O–H groups in total. The molecule has 0 aliphatic rings. The lowest BCUT2D eigenvalue weighted by Crippen LogP contribution is -2.28. The van der Waals surface area contributed by atoms with E-state index < -0.39 is 21.7 Å². The third-order valence-electron chi connectivity index (χ3n) is 3.76. The van der Waals surface area contributed by atoms with Crippen molar-refractivity contribution in [3.8, 4) is 5.75 Å². The van der Waals surface area contributed by atoms with Crippen LogP contribution in [0, 0.1) is 5.82 Å². The lowest BCUT2D eigenvalue weighted by atomic mass is 9.92. The second-order valence-electron chi connectivity index (χ2n) is 7.49. The van der Waals surface area contributed by atoms with Crippen molar-refractivity contribution in [2.24, 2.45) is 0 Å². The average molecular weight is 488 g/mol. The molecule has 0 unspecified atom stereocenters. The van der Waals surface area contributed by atoms with Crippen molar-refractivity contribution in [3.63, 3.8) is 0 Å². The van der Waals surface area contributed by atoms with Crippen molar-refractivity contribution in [1.29, 1.82) is 0 Å². The molecule has 29 heavy (non-hydrogen) atoms. The fraction of sp³-hybridized carbons (Fsp3) is 0.368. The Morgan fingerprint density at radius 1 is 1.24 bits per heavy atom. The van der Waals surface area contributed by atoms with Crippen molar-refractivity contribution in [1.82, 2.24) is 10.3 Å². The Bertz CT molecular complexity index is 1010. The number of ether oxygens (including phenoxy) is 1.